The molecular weight excluding hydrogens is 311 g/mol. The average molecular weight is 337 g/mol. The monoisotopic (exact) mass is 337 g/mol. The summed E-state index contributed by atoms with van der Waals surface area (Å²) in [4.78, 5) is 14.2. The van der Waals surface area contributed by atoms with Crippen LogP contribution in [-0.2, 0) is 9.53 Å². The fourth-order valence-corrected chi connectivity index (χ4v) is 3.55. The zero-order valence-corrected chi connectivity index (χ0v) is 13.8. The van der Waals surface area contributed by atoms with Gasteiger partial charge in [0.15, 0.2) is 5.60 Å². The second-order valence-electron chi connectivity index (χ2n) is 7.47. The van der Waals surface area contributed by atoms with E-state index in [1.807, 2.05) is 13.8 Å². The maximum Gasteiger partial charge on any atom is 0.417 e. The van der Waals surface area contributed by atoms with Gasteiger partial charge < -0.3 is 14.7 Å². The highest BCUT2D eigenvalue weighted by atomic mass is 19.4. The van der Waals surface area contributed by atoms with Gasteiger partial charge in [0.2, 0.25) is 5.91 Å². The molecule has 0 bridgehead atoms. The van der Waals surface area contributed by atoms with Gasteiger partial charge in [0.25, 0.3) is 0 Å². The van der Waals surface area contributed by atoms with Crippen LogP contribution in [0, 0.1) is 11.3 Å². The van der Waals surface area contributed by atoms with Crippen LogP contribution >= 0.6 is 0 Å². The molecule has 2 rings (SSSR count). The van der Waals surface area contributed by atoms with Gasteiger partial charge in [0, 0.05) is 44.6 Å². The van der Waals surface area contributed by atoms with Crippen molar-refractivity contribution in [3.05, 3.63) is 0 Å². The van der Waals surface area contributed by atoms with Crippen molar-refractivity contribution in [1.82, 2.24) is 4.90 Å². The number of hydrogen-bond donors (Lipinski definition) is 1. The van der Waals surface area contributed by atoms with Crippen molar-refractivity contribution in [2.45, 2.75) is 57.7 Å². The number of carbonyl (C=O) groups is 1. The van der Waals surface area contributed by atoms with Crippen molar-refractivity contribution < 1.29 is 27.8 Å². The minimum absolute atomic E-state index is 0.0496. The highest BCUT2D eigenvalue weighted by molar-refractivity contribution is 5.82. The molecule has 0 saturated carbocycles. The number of alkyl halides is 3. The Bertz CT molecular complexity index is 423. The first-order valence-corrected chi connectivity index (χ1v) is 8.21. The molecule has 7 heteroatoms. The molecule has 23 heavy (non-hydrogen) atoms. The predicted molar refractivity (Wildman–Crippen MR) is 78.8 cm³/mol. The fourth-order valence-electron chi connectivity index (χ4n) is 3.55. The lowest BCUT2D eigenvalue weighted by Gasteiger charge is -2.42. The summed E-state index contributed by atoms with van der Waals surface area (Å²) in [6.45, 7) is 5.03. The summed E-state index contributed by atoms with van der Waals surface area (Å²) in [5, 5.41) is 9.69. The number of hydrogen-bond acceptors (Lipinski definition) is 3. The average Bonchev–Trinajstić information content (AvgIpc) is 2.47. The third-order valence-electron chi connectivity index (χ3n) is 5.12. The van der Waals surface area contributed by atoms with Crippen molar-refractivity contribution in [2.75, 3.05) is 26.3 Å². The minimum Gasteiger partial charge on any atom is -0.381 e. The third-order valence-corrected chi connectivity index (χ3v) is 5.12. The normalized spacial score (nSPS) is 23.8. The molecule has 4 nitrogen and oxygen atoms in total. The van der Waals surface area contributed by atoms with Crippen LogP contribution in [-0.4, -0.2) is 54.0 Å². The summed E-state index contributed by atoms with van der Waals surface area (Å²) in [5.74, 6) is 0.299. The lowest BCUT2D eigenvalue weighted by molar-refractivity contribution is -0.272. The molecule has 2 fully saturated rings. The van der Waals surface area contributed by atoms with E-state index in [2.05, 4.69) is 0 Å². The zero-order chi connectivity index (χ0) is 17.3. The molecule has 2 aliphatic rings. The summed E-state index contributed by atoms with van der Waals surface area (Å²) >= 11 is 0. The Labute approximate surface area is 135 Å². The van der Waals surface area contributed by atoms with Crippen LogP contribution in [0.4, 0.5) is 13.2 Å². The van der Waals surface area contributed by atoms with Gasteiger partial charge in [-0.25, -0.2) is 0 Å². The smallest absolute Gasteiger partial charge is 0.381 e. The number of nitrogens with zero attached hydrogens (tertiary/aromatic N) is 1. The van der Waals surface area contributed by atoms with Crippen LogP contribution in [0.5, 0.6) is 0 Å². The quantitative estimate of drug-likeness (QED) is 0.861. The first kappa shape index (κ1) is 18.5. The number of rotatable bonds is 3. The molecule has 134 valence electrons. The number of aliphatic hydroxyl groups is 1. The number of carbonyl (C=O) groups excluding carboxylic acids is 1. The number of amides is 1. The molecule has 0 aromatic heterocycles. The van der Waals surface area contributed by atoms with Crippen LogP contribution in [0.3, 0.4) is 0 Å². The molecule has 0 aromatic rings. The summed E-state index contributed by atoms with van der Waals surface area (Å²) in [6, 6.07) is 0. The Hall–Kier alpha value is -0.820. The lowest BCUT2D eigenvalue weighted by Crippen LogP contribution is -2.56. The first-order chi connectivity index (χ1) is 10.6. The molecule has 2 heterocycles. The van der Waals surface area contributed by atoms with Gasteiger partial charge in [0.1, 0.15) is 0 Å². The number of likely N-dealkylation sites (tertiary alicyclic amines) is 1. The summed E-state index contributed by atoms with van der Waals surface area (Å²) in [5.41, 5.74) is -3.26. The zero-order valence-electron chi connectivity index (χ0n) is 13.8. The highest BCUT2D eigenvalue weighted by Gasteiger charge is 2.55. The Kier molecular flexibility index (Phi) is 5.31. The Morgan fingerprint density at radius 3 is 2.22 bits per heavy atom. The van der Waals surface area contributed by atoms with Gasteiger partial charge in [-0.05, 0) is 25.2 Å². The molecule has 0 atom stereocenters. The van der Waals surface area contributed by atoms with Crippen LogP contribution < -0.4 is 0 Å². The Morgan fingerprint density at radius 2 is 1.74 bits per heavy atom. The fraction of sp³-hybridized carbons (Fsp3) is 0.938. The van der Waals surface area contributed by atoms with E-state index in [-0.39, 0.29) is 19.0 Å². The molecule has 1 N–H and O–H groups in total. The van der Waals surface area contributed by atoms with E-state index in [9.17, 15) is 23.1 Å². The topological polar surface area (TPSA) is 49.8 Å². The molecule has 1 amide bonds. The molecule has 0 aliphatic carbocycles. The third kappa shape index (κ3) is 4.18. The summed E-state index contributed by atoms with van der Waals surface area (Å²) in [7, 11) is 0. The molecule has 0 radical (unpaired) electrons. The van der Waals surface area contributed by atoms with Gasteiger partial charge >= 0.3 is 6.18 Å². The van der Waals surface area contributed by atoms with Crippen LogP contribution in [0.15, 0.2) is 0 Å². The van der Waals surface area contributed by atoms with E-state index in [0.717, 1.165) is 19.3 Å². The van der Waals surface area contributed by atoms with Crippen molar-refractivity contribution in [2.24, 2.45) is 11.3 Å². The SMILES string of the molecule is CC(C)(CC1CCOCC1)C(=O)N1CCC(O)(C(F)(F)F)CC1. The van der Waals surface area contributed by atoms with Crippen molar-refractivity contribution in [3.63, 3.8) is 0 Å². The number of ether oxygens (including phenoxy) is 1. The van der Waals surface area contributed by atoms with Gasteiger partial charge in [-0.15, -0.1) is 0 Å². The van der Waals surface area contributed by atoms with E-state index in [4.69, 9.17) is 4.74 Å². The maximum atomic E-state index is 12.8. The summed E-state index contributed by atoms with van der Waals surface area (Å²) < 4.78 is 43.8. The number of halogens is 3. The van der Waals surface area contributed by atoms with Gasteiger partial charge in [0.05, 0.1) is 0 Å². The van der Waals surface area contributed by atoms with Crippen molar-refractivity contribution in [1.29, 1.82) is 0 Å². The van der Waals surface area contributed by atoms with Crippen LogP contribution in [0.25, 0.3) is 0 Å². The standard InChI is InChI=1S/C16H26F3NO3/c1-14(2,11-12-3-9-23-10-4-12)13(21)20-7-5-15(22,6-8-20)16(17,18)19/h12,22H,3-11H2,1-2H3. The van der Waals surface area contributed by atoms with Crippen molar-refractivity contribution >= 4 is 5.91 Å². The van der Waals surface area contributed by atoms with E-state index in [1.165, 1.54) is 4.90 Å². The van der Waals surface area contributed by atoms with Crippen LogP contribution in [0.2, 0.25) is 0 Å². The predicted octanol–water partition coefficient (Wildman–Crippen LogP) is 2.75. The molecule has 0 unspecified atom stereocenters. The lowest BCUT2D eigenvalue weighted by atomic mass is 9.78. The maximum absolute atomic E-state index is 12.8. The molecule has 0 spiro atoms. The molecule has 2 aliphatic heterocycles. The van der Waals surface area contributed by atoms with E-state index in [1.54, 1.807) is 0 Å². The van der Waals surface area contributed by atoms with Gasteiger partial charge in [-0.2, -0.15) is 13.2 Å². The Balaban J connectivity index is 1.93. The van der Waals surface area contributed by atoms with Gasteiger partial charge in [-0.3, -0.25) is 4.79 Å². The van der Waals surface area contributed by atoms with Gasteiger partial charge in [-0.1, -0.05) is 13.8 Å². The summed E-state index contributed by atoms with van der Waals surface area (Å²) in [6.07, 6.45) is -2.98. The van der Waals surface area contributed by atoms with Crippen molar-refractivity contribution in [3.8, 4) is 0 Å². The van der Waals surface area contributed by atoms with E-state index in [0.29, 0.717) is 19.1 Å². The van der Waals surface area contributed by atoms with E-state index >= 15 is 0 Å². The van der Waals surface area contributed by atoms with E-state index < -0.39 is 30.0 Å². The first-order valence-electron chi connectivity index (χ1n) is 8.21. The largest absolute Gasteiger partial charge is 0.417 e. The molecule has 2 saturated heterocycles. The second kappa shape index (κ2) is 6.59. The number of piperidine rings is 1. The highest BCUT2D eigenvalue weighted by Crippen LogP contribution is 2.40. The molecule has 0 aromatic carbocycles. The second-order valence-corrected chi connectivity index (χ2v) is 7.47. The minimum atomic E-state index is -4.64. The van der Waals surface area contributed by atoms with Crippen LogP contribution in [0.1, 0.15) is 46.0 Å². The molecular formula is C16H26F3NO3. The Morgan fingerprint density at radius 1 is 1.22 bits per heavy atom.